The number of pyridine rings is 1. The minimum absolute atomic E-state index is 0.496. The fourth-order valence-corrected chi connectivity index (χ4v) is 2.22. The molecule has 18 heavy (non-hydrogen) atoms. The summed E-state index contributed by atoms with van der Waals surface area (Å²) in [7, 11) is 1.62. The number of methoxy groups -OCH3 is 1. The van der Waals surface area contributed by atoms with E-state index in [0.717, 1.165) is 17.1 Å². The van der Waals surface area contributed by atoms with Crippen LogP contribution in [0.3, 0.4) is 0 Å². The number of hydrogen-bond acceptors (Lipinski definition) is 3. The molecule has 5 heteroatoms. The Labute approximate surface area is 109 Å². The Morgan fingerprint density at radius 2 is 2.33 bits per heavy atom. The van der Waals surface area contributed by atoms with Crippen molar-refractivity contribution in [3.63, 3.8) is 0 Å². The van der Waals surface area contributed by atoms with Crippen LogP contribution in [0, 0.1) is 0 Å². The first-order chi connectivity index (χ1) is 8.81. The Bertz CT molecular complexity index is 593. The van der Waals surface area contributed by atoms with Crippen molar-refractivity contribution in [3.8, 4) is 11.7 Å². The zero-order valence-corrected chi connectivity index (χ0v) is 10.5. The molecular weight excluding hydrogens is 252 g/mol. The van der Waals surface area contributed by atoms with E-state index >= 15 is 0 Å². The second kappa shape index (κ2) is 4.38. The zero-order chi connectivity index (χ0) is 12.5. The summed E-state index contributed by atoms with van der Waals surface area (Å²) in [4.78, 5) is 4.33. The second-order valence-corrected chi connectivity index (χ2v) is 4.20. The first-order valence-electron chi connectivity index (χ1n) is 5.48. The highest BCUT2D eigenvalue weighted by Crippen LogP contribution is 2.37. The molecule has 0 fully saturated rings. The van der Waals surface area contributed by atoms with Gasteiger partial charge in [0.15, 0.2) is 11.4 Å². The molecule has 0 aliphatic carbocycles. The van der Waals surface area contributed by atoms with Crippen LogP contribution in [0.2, 0.25) is 0 Å². The van der Waals surface area contributed by atoms with E-state index in [1.54, 1.807) is 19.6 Å². The van der Waals surface area contributed by atoms with Crippen molar-refractivity contribution in [2.45, 2.75) is 5.56 Å². The molecule has 1 atom stereocenters. The van der Waals surface area contributed by atoms with Gasteiger partial charge in [-0.15, -0.1) is 0 Å². The lowest BCUT2D eigenvalue weighted by molar-refractivity contribution is 0.217. The summed E-state index contributed by atoms with van der Waals surface area (Å²) in [6.07, 6.45) is 5.17. The molecule has 0 amide bonds. The minimum atomic E-state index is -0.496. The van der Waals surface area contributed by atoms with Crippen LogP contribution in [-0.4, -0.2) is 16.7 Å². The fraction of sp³-hybridized carbons (Fsp3) is 0.154. The van der Waals surface area contributed by atoms with Gasteiger partial charge in [0.2, 0.25) is 0 Å². The lowest BCUT2D eigenvalue weighted by Gasteiger charge is -2.15. The largest absolute Gasteiger partial charge is 0.482 e. The number of halogens is 1. The van der Waals surface area contributed by atoms with Crippen LogP contribution >= 0.6 is 11.6 Å². The average Bonchev–Trinajstić information content (AvgIpc) is 2.80. The molecule has 0 aromatic carbocycles. The van der Waals surface area contributed by atoms with E-state index in [-0.39, 0.29) is 0 Å². The molecule has 2 aromatic rings. The third kappa shape index (κ3) is 1.66. The maximum Gasteiger partial charge on any atom is 0.199 e. The third-order valence-corrected chi connectivity index (χ3v) is 3.13. The number of ether oxygens (including phenoxy) is 2. The summed E-state index contributed by atoms with van der Waals surface area (Å²) in [5, 5.41) is 0. The standard InChI is InChI=1S/C13H11ClN2O2/c1-17-12-8-9-10(5-7-18-13(9)14)16(12)11-4-2-3-6-15-11/h2-8,13H,1H3. The summed E-state index contributed by atoms with van der Waals surface area (Å²) in [5.41, 5.74) is 1.31. The molecule has 0 N–H and O–H groups in total. The topological polar surface area (TPSA) is 36.3 Å². The van der Waals surface area contributed by atoms with Gasteiger partial charge in [0.25, 0.3) is 0 Å². The normalized spacial score (nSPS) is 17.1. The smallest absolute Gasteiger partial charge is 0.199 e. The van der Waals surface area contributed by atoms with E-state index in [9.17, 15) is 0 Å². The number of rotatable bonds is 2. The van der Waals surface area contributed by atoms with Gasteiger partial charge in [-0.2, -0.15) is 0 Å². The van der Waals surface area contributed by atoms with Gasteiger partial charge in [-0.3, -0.25) is 4.57 Å². The number of hydrogen-bond donors (Lipinski definition) is 0. The number of alkyl halides is 1. The van der Waals surface area contributed by atoms with Crippen molar-refractivity contribution < 1.29 is 9.47 Å². The molecule has 0 radical (unpaired) electrons. The highest BCUT2D eigenvalue weighted by atomic mass is 35.5. The SMILES string of the molecule is COc1cc2c(n1-c1ccccn1)C=COC2Cl. The molecule has 0 saturated heterocycles. The summed E-state index contributed by atoms with van der Waals surface area (Å²) in [6.45, 7) is 0. The highest BCUT2D eigenvalue weighted by molar-refractivity contribution is 6.20. The van der Waals surface area contributed by atoms with Crippen molar-refractivity contribution >= 4 is 17.7 Å². The maximum atomic E-state index is 6.11. The fourth-order valence-electron chi connectivity index (χ4n) is 1.99. The molecule has 1 unspecified atom stereocenters. The van der Waals surface area contributed by atoms with Gasteiger partial charge >= 0.3 is 0 Å². The van der Waals surface area contributed by atoms with Crippen molar-refractivity contribution in [1.82, 2.24) is 9.55 Å². The molecule has 0 bridgehead atoms. The van der Waals surface area contributed by atoms with Crippen LogP contribution in [0.15, 0.2) is 36.7 Å². The van der Waals surface area contributed by atoms with Crippen LogP contribution in [-0.2, 0) is 4.74 Å². The average molecular weight is 263 g/mol. The first kappa shape index (κ1) is 11.2. The van der Waals surface area contributed by atoms with Crippen LogP contribution in [0.4, 0.5) is 0 Å². The van der Waals surface area contributed by atoms with Gasteiger partial charge in [0.05, 0.1) is 19.1 Å². The summed E-state index contributed by atoms with van der Waals surface area (Å²) >= 11 is 6.11. The van der Waals surface area contributed by atoms with Gasteiger partial charge in [-0.25, -0.2) is 4.98 Å². The molecular formula is C13H11ClN2O2. The first-order valence-corrected chi connectivity index (χ1v) is 5.92. The molecule has 0 saturated carbocycles. The van der Waals surface area contributed by atoms with Crippen LogP contribution in [0.5, 0.6) is 5.88 Å². The van der Waals surface area contributed by atoms with Crippen molar-refractivity contribution in [1.29, 1.82) is 0 Å². The number of fused-ring (bicyclic) bond motifs is 1. The van der Waals surface area contributed by atoms with Crippen LogP contribution < -0.4 is 4.74 Å². The quantitative estimate of drug-likeness (QED) is 0.780. The highest BCUT2D eigenvalue weighted by Gasteiger charge is 2.24. The molecule has 3 rings (SSSR count). The van der Waals surface area contributed by atoms with E-state index in [1.807, 2.05) is 34.9 Å². The molecule has 2 aromatic heterocycles. The predicted molar refractivity (Wildman–Crippen MR) is 68.8 cm³/mol. The van der Waals surface area contributed by atoms with E-state index in [1.165, 1.54) is 0 Å². The summed E-state index contributed by atoms with van der Waals surface area (Å²) in [5.74, 6) is 1.46. The molecule has 92 valence electrons. The van der Waals surface area contributed by atoms with Crippen molar-refractivity contribution in [2.24, 2.45) is 0 Å². The lowest BCUT2D eigenvalue weighted by atomic mass is 10.2. The Morgan fingerprint density at radius 1 is 1.44 bits per heavy atom. The Kier molecular flexibility index (Phi) is 2.72. The van der Waals surface area contributed by atoms with E-state index in [2.05, 4.69) is 4.98 Å². The summed E-state index contributed by atoms with van der Waals surface area (Å²) in [6, 6.07) is 7.57. The summed E-state index contributed by atoms with van der Waals surface area (Å²) < 4.78 is 12.5. The van der Waals surface area contributed by atoms with Crippen LogP contribution in [0.1, 0.15) is 16.8 Å². The Morgan fingerprint density at radius 3 is 3.06 bits per heavy atom. The van der Waals surface area contributed by atoms with E-state index in [0.29, 0.717) is 5.88 Å². The van der Waals surface area contributed by atoms with Gasteiger partial charge in [0, 0.05) is 17.8 Å². The van der Waals surface area contributed by atoms with Gasteiger partial charge in [0.1, 0.15) is 5.82 Å². The zero-order valence-electron chi connectivity index (χ0n) is 9.71. The van der Waals surface area contributed by atoms with Crippen molar-refractivity contribution in [2.75, 3.05) is 7.11 Å². The molecule has 1 aliphatic heterocycles. The Balaban J connectivity index is 2.23. The Hall–Kier alpha value is -1.94. The molecule has 4 nitrogen and oxygen atoms in total. The van der Waals surface area contributed by atoms with Gasteiger partial charge < -0.3 is 9.47 Å². The number of nitrogens with zero attached hydrogens (tertiary/aromatic N) is 2. The second-order valence-electron chi connectivity index (χ2n) is 3.81. The van der Waals surface area contributed by atoms with E-state index in [4.69, 9.17) is 21.1 Å². The number of aromatic nitrogens is 2. The predicted octanol–water partition coefficient (Wildman–Crippen LogP) is 3.12. The minimum Gasteiger partial charge on any atom is -0.482 e. The maximum absolute atomic E-state index is 6.11. The molecule has 3 heterocycles. The monoisotopic (exact) mass is 262 g/mol. The van der Waals surface area contributed by atoms with Crippen LogP contribution in [0.25, 0.3) is 11.9 Å². The van der Waals surface area contributed by atoms with Crippen molar-refractivity contribution in [3.05, 3.63) is 48.0 Å². The third-order valence-electron chi connectivity index (χ3n) is 2.79. The van der Waals surface area contributed by atoms with Gasteiger partial charge in [-0.05, 0) is 18.2 Å². The molecule has 0 spiro atoms. The van der Waals surface area contributed by atoms with Gasteiger partial charge in [-0.1, -0.05) is 17.7 Å². The molecule has 1 aliphatic rings. The van der Waals surface area contributed by atoms with E-state index < -0.39 is 5.56 Å². The lowest BCUT2D eigenvalue weighted by Crippen LogP contribution is -2.05.